The summed E-state index contributed by atoms with van der Waals surface area (Å²) in [7, 11) is 0. The summed E-state index contributed by atoms with van der Waals surface area (Å²) in [6.45, 7) is 2.67. The van der Waals surface area contributed by atoms with Crippen LogP contribution in [0.25, 0.3) is 0 Å². The molecule has 0 N–H and O–H groups in total. The number of pyridine rings is 1. The maximum Gasteiger partial charge on any atom is 0.226 e. The molecule has 3 heterocycles. The third-order valence-corrected chi connectivity index (χ3v) is 5.63. The summed E-state index contributed by atoms with van der Waals surface area (Å²) >= 11 is 0. The van der Waals surface area contributed by atoms with Crippen LogP contribution in [0.1, 0.15) is 25.7 Å². The molecule has 1 amide bonds. The van der Waals surface area contributed by atoms with E-state index in [1.807, 2.05) is 17.0 Å². The Kier molecular flexibility index (Phi) is 4.16. The van der Waals surface area contributed by atoms with Gasteiger partial charge in [0, 0.05) is 18.7 Å². The van der Waals surface area contributed by atoms with Crippen LogP contribution in [0.15, 0.2) is 24.5 Å². The molecule has 1 atom stereocenters. The molecule has 1 saturated carbocycles. The quantitative estimate of drug-likeness (QED) is 0.828. The molecule has 0 aromatic carbocycles. The largest absolute Gasteiger partial charge is 0.492 e. The first-order valence-corrected chi connectivity index (χ1v) is 8.76. The molecule has 24 heavy (non-hydrogen) atoms. The number of nitrogens with zero attached hydrogens (tertiary/aromatic N) is 2. The Hall–Kier alpha value is -1.69. The normalized spacial score (nSPS) is 30.7. The molecule has 5 nitrogen and oxygen atoms in total. The fraction of sp³-hybridized carbons (Fsp3) is 0.667. The summed E-state index contributed by atoms with van der Waals surface area (Å²) in [5.41, 5.74) is -0.202. The van der Waals surface area contributed by atoms with Crippen LogP contribution < -0.4 is 4.74 Å². The molecule has 2 saturated heterocycles. The second kappa shape index (κ2) is 6.31. The molecule has 130 valence electrons. The van der Waals surface area contributed by atoms with Crippen LogP contribution >= 0.6 is 0 Å². The standard InChI is InChI=1S/C18H23FN2O3/c19-15-8-13(9-15)17(22)21-11-18(12-21)14(4-7-24-18)3-6-23-16-2-1-5-20-10-16/h1-2,5,10,13-15H,3-4,6-9,11-12H2. The molecule has 1 aromatic heterocycles. The van der Waals surface area contributed by atoms with Crippen molar-refractivity contribution < 1.29 is 18.7 Å². The Labute approximate surface area is 141 Å². The predicted octanol–water partition coefficient (Wildman–Crippen LogP) is 2.22. The van der Waals surface area contributed by atoms with Gasteiger partial charge >= 0.3 is 0 Å². The highest BCUT2D eigenvalue weighted by Gasteiger charge is 2.55. The van der Waals surface area contributed by atoms with Crippen molar-refractivity contribution >= 4 is 5.91 Å². The number of amides is 1. The smallest absolute Gasteiger partial charge is 0.226 e. The van der Waals surface area contributed by atoms with Gasteiger partial charge in [0.25, 0.3) is 0 Å². The van der Waals surface area contributed by atoms with E-state index in [2.05, 4.69) is 4.98 Å². The van der Waals surface area contributed by atoms with Gasteiger partial charge in [0.2, 0.25) is 5.91 Å². The molecular formula is C18H23FN2O3. The van der Waals surface area contributed by atoms with Crippen LogP contribution in [0.2, 0.25) is 0 Å². The molecule has 1 unspecified atom stereocenters. The van der Waals surface area contributed by atoms with E-state index in [4.69, 9.17) is 9.47 Å². The summed E-state index contributed by atoms with van der Waals surface area (Å²) in [4.78, 5) is 18.2. The minimum absolute atomic E-state index is 0.105. The average Bonchev–Trinajstić information content (AvgIpc) is 2.95. The minimum Gasteiger partial charge on any atom is -0.492 e. The van der Waals surface area contributed by atoms with Crippen LogP contribution in [0.5, 0.6) is 5.75 Å². The van der Waals surface area contributed by atoms with Crippen molar-refractivity contribution in [2.45, 2.75) is 37.5 Å². The maximum absolute atomic E-state index is 12.9. The van der Waals surface area contributed by atoms with Crippen LogP contribution in [-0.4, -0.2) is 53.9 Å². The van der Waals surface area contributed by atoms with Gasteiger partial charge in [-0.05, 0) is 43.7 Å². The fourth-order valence-corrected chi connectivity index (χ4v) is 4.06. The van der Waals surface area contributed by atoms with Gasteiger partial charge in [-0.25, -0.2) is 4.39 Å². The van der Waals surface area contributed by atoms with Crippen molar-refractivity contribution in [2.75, 3.05) is 26.3 Å². The van der Waals surface area contributed by atoms with Gasteiger partial charge in [0.05, 0.1) is 25.9 Å². The molecule has 1 aromatic rings. The molecule has 6 heteroatoms. The number of aromatic nitrogens is 1. The van der Waals surface area contributed by atoms with E-state index in [-0.39, 0.29) is 17.4 Å². The lowest BCUT2D eigenvalue weighted by molar-refractivity contribution is -0.173. The first-order chi connectivity index (χ1) is 11.7. The number of carbonyl (C=O) groups excluding carboxylic acids is 1. The van der Waals surface area contributed by atoms with Crippen LogP contribution in [-0.2, 0) is 9.53 Å². The monoisotopic (exact) mass is 334 g/mol. The van der Waals surface area contributed by atoms with Gasteiger partial charge in [0.1, 0.15) is 17.5 Å². The number of hydrogen-bond acceptors (Lipinski definition) is 4. The maximum atomic E-state index is 12.9. The Morgan fingerprint density at radius 3 is 3.00 bits per heavy atom. The minimum atomic E-state index is -0.783. The number of likely N-dealkylation sites (tertiary alicyclic amines) is 1. The molecule has 3 aliphatic rings. The van der Waals surface area contributed by atoms with E-state index in [9.17, 15) is 9.18 Å². The zero-order valence-corrected chi connectivity index (χ0v) is 13.7. The lowest BCUT2D eigenvalue weighted by atomic mass is 9.76. The third-order valence-electron chi connectivity index (χ3n) is 5.63. The van der Waals surface area contributed by atoms with Crippen molar-refractivity contribution in [1.82, 2.24) is 9.88 Å². The molecular weight excluding hydrogens is 311 g/mol. The van der Waals surface area contributed by atoms with Crippen LogP contribution in [0, 0.1) is 11.8 Å². The zero-order chi connectivity index (χ0) is 16.6. The third kappa shape index (κ3) is 2.88. The Bertz CT molecular complexity index is 585. The lowest BCUT2D eigenvalue weighted by Gasteiger charge is -2.52. The Morgan fingerprint density at radius 2 is 2.29 bits per heavy atom. The lowest BCUT2D eigenvalue weighted by Crippen LogP contribution is -2.67. The van der Waals surface area contributed by atoms with Crippen molar-refractivity contribution in [1.29, 1.82) is 0 Å². The van der Waals surface area contributed by atoms with Gasteiger partial charge in [-0.2, -0.15) is 0 Å². The SMILES string of the molecule is O=C(C1CC(F)C1)N1CC2(C1)OCCC2CCOc1cccnc1. The van der Waals surface area contributed by atoms with Gasteiger partial charge < -0.3 is 14.4 Å². The Balaban J connectivity index is 1.26. The van der Waals surface area contributed by atoms with E-state index in [1.54, 1.807) is 12.4 Å². The first kappa shape index (κ1) is 15.8. The predicted molar refractivity (Wildman–Crippen MR) is 85.3 cm³/mol. The van der Waals surface area contributed by atoms with Gasteiger partial charge in [-0.3, -0.25) is 9.78 Å². The summed E-state index contributed by atoms with van der Waals surface area (Å²) < 4.78 is 24.7. The van der Waals surface area contributed by atoms with Crippen LogP contribution in [0.4, 0.5) is 4.39 Å². The topological polar surface area (TPSA) is 51.7 Å². The van der Waals surface area contributed by atoms with Crippen molar-refractivity contribution in [3.05, 3.63) is 24.5 Å². The number of alkyl halides is 1. The molecule has 1 spiro atoms. The number of carbonyl (C=O) groups is 1. The van der Waals surface area contributed by atoms with E-state index in [0.29, 0.717) is 38.5 Å². The van der Waals surface area contributed by atoms with Gasteiger partial charge in [-0.1, -0.05) is 0 Å². The summed E-state index contributed by atoms with van der Waals surface area (Å²) in [5.74, 6) is 1.19. The van der Waals surface area contributed by atoms with Crippen molar-refractivity contribution in [2.24, 2.45) is 11.8 Å². The highest BCUT2D eigenvalue weighted by molar-refractivity contribution is 5.81. The highest BCUT2D eigenvalue weighted by Crippen LogP contribution is 2.43. The fourth-order valence-electron chi connectivity index (χ4n) is 4.06. The summed E-state index contributed by atoms with van der Waals surface area (Å²) in [6, 6.07) is 3.75. The van der Waals surface area contributed by atoms with E-state index >= 15 is 0 Å². The molecule has 4 rings (SSSR count). The number of rotatable bonds is 5. The number of ether oxygens (including phenoxy) is 2. The van der Waals surface area contributed by atoms with E-state index in [0.717, 1.165) is 25.2 Å². The molecule has 1 aliphatic carbocycles. The summed E-state index contributed by atoms with van der Waals surface area (Å²) in [6.07, 6.45) is 5.36. The van der Waals surface area contributed by atoms with Crippen molar-refractivity contribution in [3.8, 4) is 5.75 Å². The highest BCUT2D eigenvalue weighted by atomic mass is 19.1. The Morgan fingerprint density at radius 1 is 1.46 bits per heavy atom. The van der Waals surface area contributed by atoms with E-state index in [1.165, 1.54) is 0 Å². The average molecular weight is 334 g/mol. The molecule has 0 bridgehead atoms. The molecule has 3 fully saturated rings. The molecule has 2 aliphatic heterocycles. The van der Waals surface area contributed by atoms with Crippen molar-refractivity contribution in [3.63, 3.8) is 0 Å². The van der Waals surface area contributed by atoms with E-state index < -0.39 is 6.17 Å². The molecule has 0 radical (unpaired) electrons. The van der Waals surface area contributed by atoms with Crippen LogP contribution in [0.3, 0.4) is 0 Å². The summed E-state index contributed by atoms with van der Waals surface area (Å²) in [5, 5.41) is 0. The second-order valence-electron chi connectivity index (χ2n) is 7.18. The van der Waals surface area contributed by atoms with Gasteiger partial charge in [-0.15, -0.1) is 0 Å². The second-order valence-corrected chi connectivity index (χ2v) is 7.18. The number of halogens is 1. The zero-order valence-electron chi connectivity index (χ0n) is 13.7. The van der Waals surface area contributed by atoms with Gasteiger partial charge in [0.15, 0.2) is 0 Å². The first-order valence-electron chi connectivity index (χ1n) is 8.76. The number of hydrogen-bond donors (Lipinski definition) is 0.